The van der Waals surface area contributed by atoms with Gasteiger partial charge in [-0.2, -0.15) is 23.5 Å². The van der Waals surface area contributed by atoms with Crippen LogP contribution in [0.2, 0.25) is 0 Å². The first kappa shape index (κ1) is 16.3. The van der Waals surface area contributed by atoms with Crippen molar-refractivity contribution in [2.24, 2.45) is 10.8 Å². The van der Waals surface area contributed by atoms with E-state index in [9.17, 15) is 18.0 Å². The summed E-state index contributed by atoms with van der Waals surface area (Å²) < 4.78 is 37.5. The average molecular weight is 324 g/mol. The smallest absolute Gasteiger partial charge is 0.382 e. The molecule has 0 unspecified atom stereocenters. The number of hydrazone groups is 1. The second kappa shape index (κ2) is 5.96. The Labute approximate surface area is 128 Å². The zero-order valence-corrected chi connectivity index (χ0v) is 11.6. The highest BCUT2D eigenvalue weighted by atomic mass is 19.4. The molecule has 0 bridgehead atoms. The molecule has 2 rings (SSSR count). The number of nitrogens with one attached hydrogen (secondary N) is 2. The molecule has 1 heterocycles. The van der Waals surface area contributed by atoms with Gasteiger partial charge in [-0.1, -0.05) is 0 Å². The number of carbonyl (C=O) groups excluding carboxylic acids is 1. The minimum atomic E-state index is -4.92. The number of amides is 1. The van der Waals surface area contributed by atoms with Gasteiger partial charge in [-0.15, -0.1) is 0 Å². The summed E-state index contributed by atoms with van der Waals surface area (Å²) in [5, 5.41) is 19.4. The van der Waals surface area contributed by atoms with Gasteiger partial charge in [0, 0.05) is 12.2 Å². The van der Waals surface area contributed by atoms with Crippen molar-refractivity contribution in [2.75, 3.05) is 16.9 Å². The Balaban J connectivity index is 2.21. The number of rotatable bonds is 3. The maximum absolute atomic E-state index is 12.5. The number of benzene rings is 1. The van der Waals surface area contributed by atoms with Crippen LogP contribution < -0.4 is 16.1 Å². The van der Waals surface area contributed by atoms with Crippen molar-refractivity contribution in [1.82, 2.24) is 0 Å². The summed E-state index contributed by atoms with van der Waals surface area (Å²) in [4.78, 5) is 12.0. The number of halogens is 3. The van der Waals surface area contributed by atoms with Crippen LogP contribution in [0.5, 0.6) is 0 Å². The van der Waals surface area contributed by atoms with Crippen LogP contribution in [0.4, 0.5) is 24.5 Å². The molecule has 0 saturated carbocycles. The minimum Gasteiger partial charge on any atom is -0.382 e. The molecule has 7 nitrogen and oxygen atoms in total. The highest BCUT2D eigenvalue weighted by molar-refractivity contribution is 6.45. The topological polar surface area (TPSA) is 118 Å². The number of fused-ring (bicyclic) bond motifs is 1. The van der Waals surface area contributed by atoms with Gasteiger partial charge in [0.1, 0.15) is 6.07 Å². The molecule has 0 fully saturated rings. The number of anilines is 2. The van der Waals surface area contributed by atoms with Crippen LogP contribution in [0, 0.1) is 16.7 Å². The van der Waals surface area contributed by atoms with E-state index < -0.39 is 17.9 Å². The summed E-state index contributed by atoms with van der Waals surface area (Å²) in [5.41, 5.74) is 8.45. The zero-order chi connectivity index (χ0) is 17.2. The second-order valence-corrected chi connectivity index (χ2v) is 4.65. The summed E-state index contributed by atoms with van der Waals surface area (Å²) in [6, 6.07) is 5.93. The molecular weight excluding hydrogens is 313 g/mol. The number of nitrogens with zero attached hydrogens (tertiary/aromatic N) is 3. The van der Waals surface area contributed by atoms with E-state index in [0.717, 1.165) is 0 Å². The number of nitriles is 1. The SMILES string of the molecule is N#C/C(=N\Nc1ccc2c(c1)CCN2C(=O)C(F)(F)F)C(=N)N. The Morgan fingerprint density at radius 2 is 2.17 bits per heavy atom. The third kappa shape index (κ3) is 3.39. The molecule has 1 aromatic rings. The first-order chi connectivity index (χ1) is 10.7. The van der Waals surface area contributed by atoms with E-state index in [0.29, 0.717) is 16.2 Å². The normalized spacial score (nSPS) is 14.2. The van der Waals surface area contributed by atoms with Crippen LogP contribution in [0.15, 0.2) is 23.3 Å². The van der Waals surface area contributed by atoms with Crippen LogP contribution in [-0.2, 0) is 11.2 Å². The second-order valence-electron chi connectivity index (χ2n) is 4.65. The Morgan fingerprint density at radius 1 is 1.48 bits per heavy atom. The summed E-state index contributed by atoms with van der Waals surface area (Å²) in [6.45, 7) is -0.0582. The van der Waals surface area contributed by atoms with Crippen molar-refractivity contribution in [3.63, 3.8) is 0 Å². The lowest BCUT2D eigenvalue weighted by Crippen LogP contribution is -2.40. The maximum atomic E-state index is 12.5. The zero-order valence-electron chi connectivity index (χ0n) is 11.6. The summed E-state index contributed by atoms with van der Waals surface area (Å²) in [5.74, 6) is -2.42. The molecule has 0 atom stereocenters. The third-order valence-corrected chi connectivity index (χ3v) is 3.12. The van der Waals surface area contributed by atoms with Gasteiger partial charge in [-0.25, -0.2) is 0 Å². The van der Waals surface area contributed by atoms with Gasteiger partial charge in [-0.05, 0) is 30.2 Å². The Morgan fingerprint density at radius 3 is 2.74 bits per heavy atom. The number of carbonyl (C=O) groups is 1. The Kier molecular flexibility index (Phi) is 4.22. The van der Waals surface area contributed by atoms with Gasteiger partial charge >= 0.3 is 12.1 Å². The molecule has 1 aliphatic heterocycles. The fourth-order valence-electron chi connectivity index (χ4n) is 2.10. The van der Waals surface area contributed by atoms with Crippen molar-refractivity contribution in [2.45, 2.75) is 12.6 Å². The largest absolute Gasteiger partial charge is 0.471 e. The predicted molar refractivity (Wildman–Crippen MR) is 77.1 cm³/mol. The van der Waals surface area contributed by atoms with E-state index in [4.69, 9.17) is 16.4 Å². The average Bonchev–Trinajstić information content (AvgIpc) is 2.88. The van der Waals surface area contributed by atoms with Crippen LogP contribution in [0.1, 0.15) is 5.56 Å². The van der Waals surface area contributed by atoms with Crippen molar-refractivity contribution in [3.8, 4) is 6.07 Å². The number of amidine groups is 1. The van der Waals surface area contributed by atoms with E-state index in [1.165, 1.54) is 18.2 Å². The van der Waals surface area contributed by atoms with Crippen LogP contribution in [-0.4, -0.2) is 30.2 Å². The molecule has 1 aliphatic rings. The fourth-order valence-corrected chi connectivity index (χ4v) is 2.10. The third-order valence-electron chi connectivity index (χ3n) is 3.12. The molecule has 0 aliphatic carbocycles. The number of hydrogen-bond acceptors (Lipinski definition) is 5. The molecule has 1 aromatic carbocycles. The lowest BCUT2D eigenvalue weighted by molar-refractivity contribution is -0.170. The number of hydrogen-bond donors (Lipinski definition) is 3. The predicted octanol–water partition coefficient (Wildman–Crippen LogP) is 1.37. The van der Waals surface area contributed by atoms with Crippen molar-refractivity contribution in [1.29, 1.82) is 10.7 Å². The van der Waals surface area contributed by atoms with Crippen molar-refractivity contribution in [3.05, 3.63) is 23.8 Å². The first-order valence-electron chi connectivity index (χ1n) is 6.34. The van der Waals surface area contributed by atoms with Gasteiger partial charge in [0.15, 0.2) is 5.84 Å². The molecule has 0 spiro atoms. The number of nitrogens with two attached hydrogens (primary N) is 1. The van der Waals surface area contributed by atoms with Gasteiger partial charge in [0.05, 0.1) is 5.69 Å². The van der Waals surface area contributed by atoms with Crippen molar-refractivity contribution >= 4 is 28.8 Å². The minimum absolute atomic E-state index is 0.0582. The van der Waals surface area contributed by atoms with Gasteiger partial charge in [0.2, 0.25) is 5.71 Å². The molecule has 0 radical (unpaired) electrons. The highest BCUT2D eigenvalue weighted by Crippen LogP contribution is 2.33. The van der Waals surface area contributed by atoms with E-state index in [2.05, 4.69) is 10.5 Å². The molecule has 23 heavy (non-hydrogen) atoms. The van der Waals surface area contributed by atoms with Crippen LogP contribution in [0.25, 0.3) is 0 Å². The lowest BCUT2D eigenvalue weighted by Gasteiger charge is -2.18. The van der Waals surface area contributed by atoms with Crippen LogP contribution in [0.3, 0.4) is 0 Å². The van der Waals surface area contributed by atoms with Crippen LogP contribution >= 0.6 is 0 Å². The lowest BCUT2D eigenvalue weighted by atomic mass is 10.1. The van der Waals surface area contributed by atoms with E-state index in [-0.39, 0.29) is 24.4 Å². The van der Waals surface area contributed by atoms with E-state index in [1.54, 1.807) is 6.07 Å². The maximum Gasteiger partial charge on any atom is 0.471 e. The quantitative estimate of drug-likeness (QED) is 0.442. The summed E-state index contributed by atoms with van der Waals surface area (Å²) >= 11 is 0. The monoisotopic (exact) mass is 324 g/mol. The number of alkyl halides is 3. The highest BCUT2D eigenvalue weighted by Gasteiger charge is 2.44. The molecule has 4 N–H and O–H groups in total. The molecular formula is C13H11F3N6O. The molecule has 120 valence electrons. The standard InChI is InChI=1S/C13H11F3N6O/c14-13(15,16)12(23)22-4-3-7-5-8(1-2-10(7)22)20-21-9(6-17)11(18)19/h1-2,5,20H,3-4H2,(H3,18,19)/b21-9+. The van der Waals surface area contributed by atoms with Gasteiger partial charge in [-0.3, -0.25) is 15.6 Å². The molecule has 0 aromatic heterocycles. The Hall–Kier alpha value is -3.09. The summed E-state index contributed by atoms with van der Waals surface area (Å²) in [6.07, 6.45) is -4.65. The summed E-state index contributed by atoms with van der Waals surface area (Å²) in [7, 11) is 0. The van der Waals surface area contributed by atoms with E-state index >= 15 is 0 Å². The molecule has 0 saturated heterocycles. The fraction of sp³-hybridized carbons (Fsp3) is 0.231. The Bertz CT molecular complexity index is 734. The molecule has 1 amide bonds. The van der Waals surface area contributed by atoms with Crippen molar-refractivity contribution < 1.29 is 18.0 Å². The first-order valence-corrected chi connectivity index (χ1v) is 6.34. The molecule has 10 heteroatoms. The van der Waals surface area contributed by atoms with Gasteiger partial charge in [0.25, 0.3) is 0 Å². The van der Waals surface area contributed by atoms with Gasteiger partial charge < -0.3 is 10.6 Å². The van der Waals surface area contributed by atoms with E-state index in [1.807, 2.05) is 0 Å².